The van der Waals surface area contributed by atoms with Gasteiger partial charge in [0.15, 0.2) is 11.6 Å². The van der Waals surface area contributed by atoms with E-state index in [1.165, 1.54) is 26.4 Å². The zero-order chi connectivity index (χ0) is 39.4. The molecule has 0 atom stereocenters. The number of aryl methyl sites for hydroxylation is 5. The fourth-order valence-electron chi connectivity index (χ4n) is 5.67. The second-order valence-corrected chi connectivity index (χ2v) is 12.6. The molecule has 0 aliphatic rings. The summed E-state index contributed by atoms with van der Waals surface area (Å²) in [5.74, 6) is 0.109. The molecule has 6 rings (SSSR count). The highest BCUT2D eigenvalue weighted by Crippen LogP contribution is 2.25. The molecule has 18 heteroatoms. The lowest BCUT2D eigenvalue weighted by Gasteiger charge is -2.12. The molecule has 0 saturated heterocycles. The van der Waals surface area contributed by atoms with Crippen molar-refractivity contribution in [2.24, 2.45) is 7.05 Å². The maximum absolute atomic E-state index is 15.2. The molecule has 0 unspecified atom stereocenters. The standard InChI is InChI=1S/C38H41FN12O5/c1-50-22-30(20-45-50)47-37-43-18-26(19-44-37)7-8-27-13-29(15-33(55-3)34(27)39)35(52)40-9-10-51-23-31(21-46-51)48-38-41-16-25(17-42-38)6-5-24-11-28(36(53)49-56-4)14-32(12-24)54-2/h11-23H,5-10H2,1-4H3,(H,40,52)(H,49,53)(H,41,42,48)(H,43,44,47). The van der Waals surface area contributed by atoms with Gasteiger partial charge in [-0.1, -0.05) is 0 Å². The molecule has 0 aliphatic heterocycles. The summed E-state index contributed by atoms with van der Waals surface area (Å²) in [6.45, 7) is 0.645. The van der Waals surface area contributed by atoms with Crippen molar-refractivity contribution < 1.29 is 28.3 Å². The molecule has 0 fully saturated rings. The van der Waals surface area contributed by atoms with Gasteiger partial charge in [-0.3, -0.25) is 23.8 Å². The number of hydroxylamine groups is 1. The maximum atomic E-state index is 15.2. The Kier molecular flexibility index (Phi) is 12.7. The summed E-state index contributed by atoms with van der Waals surface area (Å²) in [6.07, 6.45) is 15.7. The highest BCUT2D eigenvalue weighted by Gasteiger charge is 2.16. The van der Waals surface area contributed by atoms with Gasteiger partial charge in [-0.15, -0.1) is 0 Å². The number of hydrogen-bond acceptors (Lipinski definition) is 13. The molecule has 4 N–H and O–H groups in total. The first-order valence-corrected chi connectivity index (χ1v) is 17.5. The molecule has 0 saturated carbocycles. The summed E-state index contributed by atoms with van der Waals surface area (Å²) >= 11 is 0. The van der Waals surface area contributed by atoms with E-state index >= 15 is 4.39 Å². The molecule has 0 bridgehead atoms. The number of hydrogen-bond donors (Lipinski definition) is 4. The van der Waals surface area contributed by atoms with Crippen molar-refractivity contribution in [3.8, 4) is 11.5 Å². The van der Waals surface area contributed by atoms with Crippen LogP contribution in [-0.2, 0) is 44.1 Å². The Labute approximate surface area is 321 Å². The Balaban J connectivity index is 0.972. The topological polar surface area (TPSA) is 197 Å². The van der Waals surface area contributed by atoms with Gasteiger partial charge in [-0.2, -0.15) is 10.2 Å². The van der Waals surface area contributed by atoms with E-state index in [0.29, 0.717) is 66.7 Å². The summed E-state index contributed by atoms with van der Waals surface area (Å²) in [5.41, 5.74) is 7.42. The van der Waals surface area contributed by atoms with Gasteiger partial charge >= 0.3 is 0 Å². The lowest BCUT2D eigenvalue weighted by atomic mass is 10.0. The number of nitrogens with zero attached hydrogens (tertiary/aromatic N) is 8. The van der Waals surface area contributed by atoms with Gasteiger partial charge in [0.2, 0.25) is 11.9 Å². The van der Waals surface area contributed by atoms with Gasteiger partial charge in [0.05, 0.1) is 51.6 Å². The van der Waals surface area contributed by atoms with E-state index in [4.69, 9.17) is 14.3 Å². The lowest BCUT2D eigenvalue weighted by Crippen LogP contribution is -2.27. The highest BCUT2D eigenvalue weighted by molar-refractivity contribution is 5.95. The van der Waals surface area contributed by atoms with Gasteiger partial charge < -0.3 is 25.4 Å². The maximum Gasteiger partial charge on any atom is 0.274 e. The Bertz CT molecular complexity index is 2260. The first-order valence-electron chi connectivity index (χ1n) is 17.5. The highest BCUT2D eigenvalue weighted by atomic mass is 19.1. The molecule has 6 aromatic rings. The van der Waals surface area contributed by atoms with Crippen LogP contribution in [-0.4, -0.2) is 79.2 Å². The van der Waals surface area contributed by atoms with Crippen molar-refractivity contribution in [3.63, 3.8) is 0 Å². The molecule has 2 amide bonds. The van der Waals surface area contributed by atoms with Crippen LogP contribution in [0.2, 0.25) is 0 Å². The Morgan fingerprint density at radius 1 is 0.696 bits per heavy atom. The average Bonchev–Trinajstić information content (AvgIpc) is 3.85. The van der Waals surface area contributed by atoms with E-state index in [1.54, 1.807) is 78.2 Å². The molecular formula is C38H41FN12O5. The average molecular weight is 765 g/mol. The zero-order valence-electron chi connectivity index (χ0n) is 31.2. The monoisotopic (exact) mass is 764 g/mol. The zero-order valence-corrected chi connectivity index (χ0v) is 31.2. The molecule has 4 aromatic heterocycles. The van der Waals surface area contributed by atoms with Crippen LogP contribution in [0.1, 0.15) is 43.0 Å². The summed E-state index contributed by atoms with van der Waals surface area (Å²) in [4.78, 5) is 47.6. The van der Waals surface area contributed by atoms with Gasteiger partial charge in [-0.25, -0.2) is 29.8 Å². The van der Waals surface area contributed by atoms with E-state index in [2.05, 4.69) is 51.6 Å². The van der Waals surface area contributed by atoms with Gasteiger partial charge in [0, 0.05) is 61.9 Å². The molecule has 0 aliphatic carbocycles. The number of anilines is 4. The number of ether oxygens (including phenoxy) is 2. The predicted octanol–water partition coefficient (Wildman–Crippen LogP) is 4.13. The SMILES string of the molecule is CONC(=O)c1cc(CCc2cnc(Nc3cnn(CCNC(=O)c4cc(CCc5cnc(Nc6cnn(C)c6)nc5)c(F)c(OC)c4)c3)nc2)cc(OC)c1. The number of aromatic nitrogens is 8. The van der Waals surface area contributed by atoms with Crippen LogP contribution in [0.4, 0.5) is 27.7 Å². The Morgan fingerprint density at radius 3 is 1.95 bits per heavy atom. The molecule has 0 spiro atoms. The molecule has 4 heterocycles. The van der Waals surface area contributed by atoms with Gasteiger partial charge in [0.25, 0.3) is 11.8 Å². The summed E-state index contributed by atoms with van der Waals surface area (Å²) in [5, 5.41) is 17.5. The van der Waals surface area contributed by atoms with E-state index in [9.17, 15) is 9.59 Å². The van der Waals surface area contributed by atoms with E-state index in [0.717, 1.165) is 22.4 Å². The van der Waals surface area contributed by atoms with E-state index < -0.39 is 5.82 Å². The minimum Gasteiger partial charge on any atom is -0.497 e. The van der Waals surface area contributed by atoms with Crippen LogP contribution in [0, 0.1) is 5.82 Å². The van der Waals surface area contributed by atoms with E-state index in [-0.39, 0.29) is 29.7 Å². The van der Waals surface area contributed by atoms with Crippen molar-refractivity contribution >= 4 is 35.1 Å². The van der Waals surface area contributed by atoms with Crippen LogP contribution >= 0.6 is 0 Å². The number of nitrogens with one attached hydrogen (secondary N) is 4. The molecule has 56 heavy (non-hydrogen) atoms. The molecule has 0 radical (unpaired) electrons. The number of amides is 2. The third-order valence-electron chi connectivity index (χ3n) is 8.53. The van der Waals surface area contributed by atoms with Crippen LogP contribution in [0.25, 0.3) is 0 Å². The molecule has 290 valence electrons. The number of rotatable bonds is 18. The fraction of sp³-hybridized carbons (Fsp3) is 0.263. The summed E-state index contributed by atoms with van der Waals surface area (Å²) in [7, 11) is 6.10. The molecular weight excluding hydrogens is 723 g/mol. The van der Waals surface area contributed by atoms with Crippen LogP contribution in [0.5, 0.6) is 11.5 Å². The first kappa shape index (κ1) is 38.8. The van der Waals surface area contributed by atoms with Crippen molar-refractivity contribution in [3.05, 3.63) is 119 Å². The van der Waals surface area contributed by atoms with Crippen molar-refractivity contribution in [2.75, 3.05) is 38.5 Å². The van der Waals surface area contributed by atoms with Crippen LogP contribution in [0.15, 0.2) is 79.9 Å². The third kappa shape index (κ3) is 10.4. The minimum absolute atomic E-state index is 0.0161. The second-order valence-electron chi connectivity index (χ2n) is 12.6. The largest absolute Gasteiger partial charge is 0.497 e. The lowest BCUT2D eigenvalue weighted by molar-refractivity contribution is 0.0537. The van der Waals surface area contributed by atoms with Crippen molar-refractivity contribution in [1.82, 2.24) is 50.3 Å². The molecule has 2 aromatic carbocycles. The quantitative estimate of drug-likeness (QED) is 0.0913. The van der Waals surface area contributed by atoms with Crippen molar-refractivity contribution in [1.29, 1.82) is 0 Å². The Morgan fingerprint density at radius 2 is 1.32 bits per heavy atom. The number of methoxy groups -OCH3 is 2. The number of benzene rings is 2. The number of halogens is 1. The third-order valence-corrected chi connectivity index (χ3v) is 8.53. The van der Waals surface area contributed by atoms with Gasteiger partial charge in [0.1, 0.15) is 5.75 Å². The summed E-state index contributed by atoms with van der Waals surface area (Å²) < 4.78 is 29.1. The van der Waals surface area contributed by atoms with Crippen LogP contribution in [0.3, 0.4) is 0 Å². The van der Waals surface area contributed by atoms with Crippen molar-refractivity contribution in [2.45, 2.75) is 32.2 Å². The molecule has 17 nitrogen and oxygen atoms in total. The fourth-order valence-corrected chi connectivity index (χ4v) is 5.67. The van der Waals surface area contributed by atoms with Gasteiger partial charge in [-0.05, 0) is 78.3 Å². The second kappa shape index (κ2) is 18.4. The first-order chi connectivity index (χ1) is 27.2. The smallest absolute Gasteiger partial charge is 0.274 e. The number of carbonyl (C=O) groups is 2. The van der Waals surface area contributed by atoms with E-state index in [1.807, 2.05) is 13.1 Å². The minimum atomic E-state index is -0.521. The number of carbonyl (C=O) groups excluding carboxylic acids is 2. The predicted molar refractivity (Wildman–Crippen MR) is 204 cm³/mol. The normalized spacial score (nSPS) is 10.9. The Hall–Kier alpha value is -6.95. The summed E-state index contributed by atoms with van der Waals surface area (Å²) in [6, 6.07) is 8.23. The van der Waals surface area contributed by atoms with Crippen LogP contribution < -0.4 is 30.9 Å².